The summed E-state index contributed by atoms with van der Waals surface area (Å²) < 4.78 is 5.79. The summed E-state index contributed by atoms with van der Waals surface area (Å²) in [6.07, 6.45) is 6.15. The second kappa shape index (κ2) is 9.49. The van der Waals surface area contributed by atoms with Crippen molar-refractivity contribution >= 4 is 29.0 Å². The Labute approximate surface area is 178 Å². The molecule has 3 aromatic rings. The number of aromatic nitrogens is 2. The number of hydrogen-bond donors (Lipinski definition) is 1. The highest BCUT2D eigenvalue weighted by atomic mass is 32.1. The molecule has 0 fully saturated rings. The van der Waals surface area contributed by atoms with E-state index in [2.05, 4.69) is 26.7 Å². The van der Waals surface area contributed by atoms with Crippen molar-refractivity contribution in [2.24, 2.45) is 0 Å². The van der Waals surface area contributed by atoms with Gasteiger partial charge in [0.25, 0.3) is 0 Å². The first kappa shape index (κ1) is 20.0. The molecule has 1 aliphatic rings. The Bertz CT molecular complexity index is 1020. The molecule has 1 aliphatic heterocycles. The van der Waals surface area contributed by atoms with Crippen LogP contribution in [0.1, 0.15) is 28.8 Å². The average Bonchev–Trinajstić information content (AvgIpc) is 3.25. The van der Waals surface area contributed by atoms with Crippen LogP contribution in [0, 0.1) is 0 Å². The van der Waals surface area contributed by atoms with Crippen LogP contribution >= 0.6 is 11.3 Å². The van der Waals surface area contributed by atoms with Crippen LogP contribution in [0.25, 0.3) is 0 Å². The second-order valence-electron chi connectivity index (χ2n) is 6.98. The number of thiophene rings is 1. The van der Waals surface area contributed by atoms with Gasteiger partial charge in [0.1, 0.15) is 6.61 Å². The lowest BCUT2D eigenvalue weighted by atomic mass is 10.1. The molecule has 3 aromatic heterocycles. The number of amides is 2. The first-order chi connectivity index (χ1) is 14.7. The molecule has 0 aromatic carbocycles. The molecule has 4 heterocycles. The Hall–Kier alpha value is -3.26. The molecule has 4 rings (SSSR count). The van der Waals surface area contributed by atoms with E-state index in [1.165, 1.54) is 10.4 Å². The Morgan fingerprint density at radius 1 is 1.13 bits per heavy atom. The molecule has 154 valence electrons. The van der Waals surface area contributed by atoms with Crippen molar-refractivity contribution in [2.75, 3.05) is 11.9 Å². The van der Waals surface area contributed by atoms with Crippen molar-refractivity contribution < 1.29 is 14.3 Å². The van der Waals surface area contributed by atoms with Crippen LogP contribution in [0.3, 0.4) is 0 Å². The summed E-state index contributed by atoms with van der Waals surface area (Å²) in [5.74, 6) is 0.570. The van der Waals surface area contributed by atoms with Crippen molar-refractivity contribution in [3.63, 3.8) is 0 Å². The number of carbonyl (C=O) groups excluding carboxylic acids is 2. The zero-order valence-corrected chi connectivity index (χ0v) is 17.2. The molecule has 1 N–H and O–H groups in total. The third-order valence-corrected chi connectivity index (χ3v) is 5.92. The molecule has 0 radical (unpaired) electrons. The van der Waals surface area contributed by atoms with E-state index >= 15 is 0 Å². The van der Waals surface area contributed by atoms with E-state index in [9.17, 15) is 9.59 Å². The maximum absolute atomic E-state index is 12.5. The van der Waals surface area contributed by atoms with Gasteiger partial charge < -0.3 is 15.0 Å². The van der Waals surface area contributed by atoms with Crippen molar-refractivity contribution in [3.05, 3.63) is 70.3 Å². The first-order valence-electron chi connectivity index (χ1n) is 9.78. The quantitative estimate of drug-likeness (QED) is 0.631. The number of anilines is 1. The number of nitrogens with one attached hydrogen (secondary N) is 1. The van der Waals surface area contributed by atoms with Crippen LogP contribution in [0.2, 0.25) is 0 Å². The van der Waals surface area contributed by atoms with Gasteiger partial charge in [0.2, 0.25) is 11.8 Å². The van der Waals surface area contributed by atoms with Crippen LogP contribution in [-0.4, -0.2) is 33.2 Å². The van der Waals surface area contributed by atoms with Crippen LogP contribution < -0.4 is 10.1 Å². The topological polar surface area (TPSA) is 84.4 Å². The predicted octanol–water partition coefficient (Wildman–Crippen LogP) is 3.42. The highest BCUT2D eigenvalue weighted by Gasteiger charge is 2.22. The minimum Gasteiger partial charge on any atom is -0.485 e. The zero-order valence-electron chi connectivity index (χ0n) is 16.4. The molecule has 0 bridgehead atoms. The summed E-state index contributed by atoms with van der Waals surface area (Å²) >= 11 is 1.74. The number of fused-ring (bicyclic) bond motifs is 1. The van der Waals surface area contributed by atoms with E-state index in [0.717, 1.165) is 12.0 Å². The lowest BCUT2D eigenvalue weighted by molar-refractivity contribution is -0.133. The van der Waals surface area contributed by atoms with Gasteiger partial charge in [-0.05, 0) is 53.3 Å². The van der Waals surface area contributed by atoms with E-state index in [1.54, 1.807) is 42.1 Å². The number of hydrogen-bond acceptors (Lipinski definition) is 6. The number of ether oxygens (including phenoxy) is 1. The van der Waals surface area contributed by atoms with Gasteiger partial charge in [-0.1, -0.05) is 0 Å². The summed E-state index contributed by atoms with van der Waals surface area (Å²) in [4.78, 5) is 36.3. The fourth-order valence-electron chi connectivity index (χ4n) is 3.28. The van der Waals surface area contributed by atoms with Crippen molar-refractivity contribution in [1.29, 1.82) is 0 Å². The van der Waals surface area contributed by atoms with Gasteiger partial charge in [-0.2, -0.15) is 0 Å². The van der Waals surface area contributed by atoms with Gasteiger partial charge in [-0.15, -0.1) is 11.3 Å². The van der Waals surface area contributed by atoms with Crippen molar-refractivity contribution in [3.8, 4) is 5.75 Å². The van der Waals surface area contributed by atoms with E-state index in [4.69, 9.17) is 4.74 Å². The zero-order chi connectivity index (χ0) is 20.8. The van der Waals surface area contributed by atoms with E-state index in [0.29, 0.717) is 31.3 Å². The Morgan fingerprint density at radius 3 is 2.87 bits per heavy atom. The number of nitrogens with zero attached hydrogens (tertiary/aromatic N) is 3. The van der Waals surface area contributed by atoms with Gasteiger partial charge in [-0.25, -0.2) is 4.98 Å². The number of pyridine rings is 2. The van der Waals surface area contributed by atoms with Gasteiger partial charge >= 0.3 is 0 Å². The Morgan fingerprint density at radius 2 is 2.00 bits per heavy atom. The van der Waals surface area contributed by atoms with Crippen molar-refractivity contribution in [2.45, 2.75) is 32.4 Å². The molecule has 0 unspecified atom stereocenters. The third kappa shape index (κ3) is 5.01. The normalized spacial score (nSPS) is 12.9. The molecular formula is C22H22N4O3S. The second-order valence-corrected chi connectivity index (χ2v) is 7.98. The summed E-state index contributed by atoms with van der Waals surface area (Å²) in [6, 6.07) is 9.29. The summed E-state index contributed by atoms with van der Waals surface area (Å²) in [5, 5.41) is 4.82. The largest absolute Gasteiger partial charge is 0.485 e. The van der Waals surface area contributed by atoms with Crippen LogP contribution in [0.4, 0.5) is 5.82 Å². The van der Waals surface area contributed by atoms with E-state index in [1.807, 2.05) is 17.0 Å². The molecule has 0 saturated carbocycles. The van der Waals surface area contributed by atoms with Gasteiger partial charge in [-0.3, -0.25) is 14.6 Å². The Kier molecular flexibility index (Phi) is 6.34. The van der Waals surface area contributed by atoms with Crippen LogP contribution in [0.15, 0.2) is 54.3 Å². The molecule has 0 saturated heterocycles. The number of carbonyl (C=O) groups is 2. The predicted molar refractivity (Wildman–Crippen MR) is 114 cm³/mol. The lowest BCUT2D eigenvalue weighted by Gasteiger charge is -2.27. The van der Waals surface area contributed by atoms with E-state index in [-0.39, 0.29) is 24.7 Å². The number of rotatable bonds is 7. The fourth-order valence-corrected chi connectivity index (χ4v) is 4.17. The van der Waals surface area contributed by atoms with Crippen LogP contribution in [0.5, 0.6) is 5.75 Å². The lowest BCUT2D eigenvalue weighted by Crippen LogP contribution is -2.35. The highest BCUT2D eigenvalue weighted by Crippen LogP contribution is 2.25. The molecule has 0 spiro atoms. The Balaban J connectivity index is 1.28. The molecule has 0 aliphatic carbocycles. The molecule has 7 nitrogen and oxygen atoms in total. The minimum absolute atomic E-state index is 0.00261. The monoisotopic (exact) mass is 422 g/mol. The SMILES string of the molecule is O=C(CCC(=O)N1CCc2sccc2C1)Nc1ncccc1OCc1ccncc1. The standard InChI is InChI=1S/C22H22N4O3S/c27-20(3-4-21(28)26-12-7-19-17(14-26)8-13-30-19)25-22-18(2-1-9-24-22)29-15-16-5-10-23-11-6-16/h1-2,5-6,8-11,13H,3-4,7,12,14-15H2,(H,24,25,27). The average molecular weight is 423 g/mol. The molecule has 8 heteroatoms. The molecule has 2 amide bonds. The first-order valence-corrected chi connectivity index (χ1v) is 10.7. The van der Waals surface area contributed by atoms with Gasteiger partial charge in [0.05, 0.1) is 0 Å². The third-order valence-electron chi connectivity index (χ3n) is 4.90. The molecular weight excluding hydrogens is 400 g/mol. The minimum atomic E-state index is -0.260. The summed E-state index contributed by atoms with van der Waals surface area (Å²) in [6.45, 7) is 1.68. The molecule has 0 atom stereocenters. The summed E-state index contributed by atoms with van der Waals surface area (Å²) in [5.41, 5.74) is 2.18. The molecule has 30 heavy (non-hydrogen) atoms. The smallest absolute Gasteiger partial charge is 0.226 e. The highest BCUT2D eigenvalue weighted by molar-refractivity contribution is 7.10. The van der Waals surface area contributed by atoms with E-state index < -0.39 is 0 Å². The maximum Gasteiger partial charge on any atom is 0.226 e. The fraction of sp³-hybridized carbons (Fsp3) is 0.273. The summed E-state index contributed by atoms with van der Waals surface area (Å²) in [7, 11) is 0. The van der Waals surface area contributed by atoms with Gasteiger partial charge in [0, 0.05) is 49.4 Å². The van der Waals surface area contributed by atoms with Gasteiger partial charge in [0.15, 0.2) is 11.6 Å². The van der Waals surface area contributed by atoms with Crippen molar-refractivity contribution in [1.82, 2.24) is 14.9 Å². The maximum atomic E-state index is 12.5. The van der Waals surface area contributed by atoms with Crippen LogP contribution in [-0.2, 0) is 29.2 Å².